The lowest BCUT2D eigenvalue weighted by atomic mass is 10.1. The second-order valence-electron chi connectivity index (χ2n) is 6.58. The molecule has 0 bridgehead atoms. The van der Waals surface area contributed by atoms with Gasteiger partial charge in [0.25, 0.3) is 0 Å². The van der Waals surface area contributed by atoms with Crippen LogP contribution in [-0.4, -0.2) is 58.7 Å². The summed E-state index contributed by atoms with van der Waals surface area (Å²) in [5.74, 6) is 0.742. The van der Waals surface area contributed by atoms with Gasteiger partial charge in [-0.25, -0.2) is 4.98 Å². The number of aromatic nitrogens is 1. The highest BCUT2D eigenvalue weighted by Crippen LogP contribution is 2.35. The fourth-order valence-electron chi connectivity index (χ4n) is 3.49. The van der Waals surface area contributed by atoms with Gasteiger partial charge >= 0.3 is 0 Å². The van der Waals surface area contributed by atoms with E-state index in [4.69, 9.17) is 4.98 Å². The molecule has 3 rings (SSSR count). The maximum Gasteiger partial charge on any atom is 0.0959 e. The molecule has 1 atom stereocenters. The van der Waals surface area contributed by atoms with Crippen LogP contribution in [0.5, 0.6) is 0 Å². The second kappa shape index (κ2) is 7.18. The average molecular weight is 309 g/mol. The first kappa shape index (κ1) is 15.4. The van der Waals surface area contributed by atoms with Crippen LogP contribution in [0.3, 0.4) is 0 Å². The van der Waals surface area contributed by atoms with Crippen LogP contribution in [0.15, 0.2) is 5.38 Å². The van der Waals surface area contributed by atoms with Crippen molar-refractivity contribution in [1.82, 2.24) is 14.8 Å². The van der Waals surface area contributed by atoms with Gasteiger partial charge in [0, 0.05) is 50.6 Å². The van der Waals surface area contributed by atoms with E-state index in [1.165, 1.54) is 36.4 Å². The second-order valence-corrected chi connectivity index (χ2v) is 7.47. The smallest absolute Gasteiger partial charge is 0.0959 e. The summed E-state index contributed by atoms with van der Waals surface area (Å²) >= 11 is 1.86. The molecule has 5 heteroatoms. The zero-order valence-electron chi connectivity index (χ0n) is 13.0. The molecule has 0 unspecified atom stereocenters. The third-order valence-electron chi connectivity index (χ3n) is 4.65. The highest BCUT2D eigenvalue weighted by Gasteiger charge is 2.22. The van der Waals surface area contributed by atoms with Crippen molar-refractivity contribution in [1.29, 1.82) is 0 Å². The number of piperazine rings is 1. The normalized spacial score (nSPS) is 23.7. The van der Waals surface area contributed by atoms with Crippen molar-refractivity contribution in [2.75, 3.05) is 32.7 Å². The van der Waals surface area contributed by atoms with Crippen molar-refractivity contribution < 1.29 is 5.11 Å². The van der Waals surface area contributed by atoms with E-state index < -0.39 is 0 Å². The highest BCUT2D eigenvalue weighted by atomic mass is 32.1. The fourth-order valence-corrected chi connectivity index (χ4v) is 4.47. The van der Waals surface area contributed by atoms with Crippen LogP contribution in [0.1, 0.15) is 49.2 Å². The Morgan fingerprint density at radius 2 is 1.90 bits per heavy atom. The molecule has 1 aromatic rings. The number of hydrogen-bond acceptors (Lipinski definition) is 5. The lowest BCUT2D eigenvalue weighted by Crippen LogP contribution is -2.47. The molecule has 0 aromatic carbocycles. The number of aliphatic hydroxyl groups is 1. The highest BCUT2D eigenvalue weighted by molar-refractivity contribution is 7.09. The van der Waals surface area contributed by atoms with Gasteiger partial charge < -0.3 is 5.11 Å². The molecular weight excluding hydrogens is 282 g/mol. The minimum absolute atomic E-state index is 0.218. The van der Waals surface area contributed by atoms with E-state index in [1.807, 2.05) is 18.3 Å². The maximum atomic E-state index is 9.45. The number of β-amino-alcohol motifs (C(OH)–C–C–N with tert-alkyl or cyclic N) is 1. The number of nitrogens with zero attached hydrogens (tertiary/aromatic N) is 3. The minimum atomic E-state index is -0.218. The topological polar surface area (TPSA) is 39.6 Å². The van der Waals surface area contributed by atoms with Crippen LogP contribution >= 0.6 is 11.3 Å². The molecule has 21 heavy (non-hydrogen) atoms. The summed E-state index contributed by atoms with van der Waals surface area (Å²) in [4.78, 5) is 9.72. The van der Waals surface area contributed by atoms with Gasteiger partial charge in [0.05, 0.1) is 16.8 Å². The zero-order valence-corrected chi connectivity index (χ0v) is 13.8. The van der Waals surface area contributed by atoms with Crippen LogP contribution in [0, 0.1) is 0 Å². The predicted octanol–water partition coefficient (Wildman–Crippen LogP) is 2.30. The Kier molecular flexibility index (Phi) is 5.27. The molecule has 2 heterocycles. The predicted molar refractivity (Wildman–Crippen MR) is 86.7 cm³/mol. The number of aliphatic hydroxyl groups excluding tert-OH is 1. The Morgan fingerprint density at radius 1 is 1.24 bits per heavy atom. The number of rotatable bonds is 5. The fraction of sp³-hybridized carbons (Fsp3) is 0.812. The Morgan fingerprint density at radius 3 is 2.57 bits per heavy atom. The largest absolute Gasteiger partial charge is 0.392 e. The average Bonchev–Trinajstić information content (AvgIpc) is 3.11. The SMILES string of the molecule is C[C@H](O)CN1CCN(Cc2csc(C3CCCC3)n2)CC1. The quantitative estimate of drug-likeness (QED) is 0.906. The zero-order chi connectivity index (χ0) is 14.7. The molecule has 2 fully saturated rings. The van der Waals surface area contributed by atoms with Crippen molar-refractivity contribution in [3.63, 3.8) is 0 Å². The molecule has 1 N–H and O–H groups in total. The van der Waals surface area contributed by atoms with E-state index >= 15 is 0 Å². The summed E-state index contributed by atoms with van der Waals surface area (Å²) in [6, 6.07) is 0. The van der Waals surface area contributed by atoms with Gasteiger partial charge in [-0.15, -0.1) is 11.3 Å². The van der Waals surface area contributed by atoms with E-state index in [0.29, 0.717) is 0 Å². The third kappa shape index (κ3) is 4.25. The van der Waals surface area contributed by atoms with E-state index in [-0.39, 0.29) is 6.10 Å². The van der Waals surface area contributed by atoms with Crippen LogP contribution in [0.4, 0.5) is 0 Å². The molecule has 1 saturated heterocycles. The first-order chi connectivity index (χ1) is 10.2. The first-order valence-electron chi connectivity index (χ1n) is 8.28. The molecule has 0 amide bonds. The molecule has 1 aliphatic carbocycles. The standard InChI is InChI=1S/C16H27N3OS/c1-13(20)10-18-6-8-19(9-7-18)11-15-12-21-16(17-15)14-4-2-3-5-14/h12-14,20H,2-11H2,1H3/t13-/m0/s1. The molecule has 1 saturated carbocycles. The van der Waals surface area contributed by atoms with Crippen molar-refractivity contribution >= 4 is 11.3 Å². The summed E-state index contributed by atoms with van der Waals surface area (Å²) in [5, 5.41) is 13.1. The third-order valence-corrected chi connectivity index (χ3v) is 5.70. The van der Waals surface area contributed by atoms with Crippen molar-refractivity contribution in [2.24, 2.45) is 0 Å². The molecule has 2 aliphatic rings. The van der Waals surface area contributed by atoms with Crippen LogP contribution < -0.4 is 0 Å². The molecule has 0 spiro atoms. The Labute approximate surface area is 131 Å². The van der Waals surface area contributed by atoms with E-state index in [1.54, 1.807) is 0 Å². The molecule has 1 aliphatic heterocycles. The Hall–Kier alpha value is -0.490. The van der Waals surface area contributed by atoms with Gasteiger partial charge in [-0.2, -0.15) is 0 Å². The summed E-state index contributed by atoms with van der Waals surface area (Å²) in [6.07, 6.45) is 5.22. The molecule has 118 valence electrons. The van der Waals surface area contributed by atoms with Crippen LogP contribution in [0.2, 0.25) is 0 Å². The van der Waals surface area contributed by atoms with Crippen LogP contribution in [0.25, 0.3) is 0 Å². The van der Waals surface area contributed by atoms with Gasteiger partial charge in [0.2, 0.25) is 0 Å². The monoisotopic (exact) mass is 309 g/mol. The van der Waals surface area contributed by atoms with E-state index in [9.17, 15) is 5.11 Å². The van der Waals surface area contributed by atoms with Gasteiger partial charge in [-0.05, 0) is 19.8 Å². The van der Waals surface area contributed by atoms with E-state index in [2.05, 4.69) is 15.2 Å². The number of thiazole rings is 1. The molecule has 0 radical (unpaired) electrons. The van der Waals surface area contributed by atoms with Gasteiger partial charge in [0.15, 0.2) is 0 Å². The lowest BCUT2D eigenvalue weighted by molar-refractivity contribution is 0.0776. The van der Waals surface area contributed by atoms with Crippen LogP contribution in [-0.2, 0) is 6.54 Å². The summed E-state index contributed by atoms with van der Waals surface area (Å²) < 4.78 is 0. The van der Waals surface area contributed by atoms with Crippen molar-refractivity contribution in [2.45, 2.75) is 51.2 Å². The lowest BCUT2D eigenvalue weighted by Gasteiger charge is -2.34. The molecule has 1 aromatic heterocycles. The first-order valence-corrected chi connectivity index (χ1v) is 9.16. The van der Waals surface area contributed by atoms with Crippen molar-refractivity contribution in [3.05, 3.63) is 16.1 Å². The Bertz CT molecular complexity index is 434. The molecular formula is C16H27N3OS. The van der Waals surface area contributed by atoms with E-state index in [0.717, 1.165) is 45.2 Å². The summed E-state index contributed by atoms with van der Waals surface area (Å²) in [7, 11) is 0. The number of hydrogen-bond donors (Lipinski definition) is 1. The van der Waals surface area contributed by atoms with Gasteiger partial charge in [-0.1, -0.05) is 12.8 Å². The molecule has 4 nitrogen and oxygen atoms in total. The van der Waals surface area contributed by atoms with Gasteiger partial charge in [0.1, 0.15) is 0 Å². The Balaban J connectivity index is 1.47. The van der Waals surface area contributed by atoms with Gasteiger partial charge in [-0.3, -0.25) is 9.80 Å². The maximum absolute atomic E-state index is 9.45. The summed E-state index contributed by atoms with van der Waals surface area (Å²) in [5.41, 5.74) is 1.26. The minimum Gasteiger partial charge on any atom is -0.392 e. The van der Waals surface area contributed by atoms with Crippen molar-refractivity contribution in [3.8, 4) is 0 Å². The summed E-state index contributed by atoms with van der Waals surface area (Å²) in [6.45, 7) is 7.95.